The third kappa shape index (κ3) is 3.00. The van der Waals surface area contributed by atoms with Gasteiger partial charge in [-0.1, -0.05) is 6.07 Å². The predicted octanol–water partition coefficient (Wildman–Crippen LogP) is 3.21. The first kappa shape index (κ1) is 17.7. The molecule has 27 heavy (non-hydrogen) atoms. The lowest BCUT2D eigenvalue weighted by Crippen LogP contribution is -2.40. The summed E-state index contributed by atoms with van der Waals surface area (Å²) in [5, 5.41) is 3.06. The highest BCUT2D eigenvalue weighted by Gasteiger charge is 2.37. The van der Waals surface area contributed by atoms with Gasteiger partial charge in [-0.2, -0.15) is 0 Å². The van der Waals surface area contributed by atoms with Gasteiger partial charge in [-0.25, -0.2) is 0 Å². The van der Waals surface area contributed by atoms with E-state index >= 15 is 0 Å². The van der Waals surface area contributed by atoms with Crippen LogP contribution >= 0.6 is 0 Å². The van der Waals surface area contributed by atoms with Gasteiger partial charge in [-0.15, -0.1) is 0 Å². The van der Waals surface area contributed by atoms with E-state index in [1.54, 1.807) is 7.11 Å². The number of anilines is 1. The Morgan fingerprint density at radius 3 is 2.78 bits per heavy atom. The summed E-state index contributed by atoms with van der Waals surface area (Å²) in [6.07, 6.45) is 0.826. The number of likely N-dealkylation sites (N-methyl/N-ethyl adjacent to an activating group) is 1. The Morgan fingerprint density at radius 2 is 2.04 bits per heavy atom. The number of carbonyl (C=O) groups excluding carboxylic acids is 1. The van der Waals surface area contributed by atoms with Gasteiger partial charge in [-0.3, -0.25) is 9.69 Å². The van der Waals surface area contributed by atoms with E-state index in [4.69, 9.17) is 14.2 Å². The number of ether oxygens (including phenoxy) is 3. The van der Waals surface area contributed by atoms with Crippen molar-refractivity contribution in [2.24, 2.45) is 0 Å². The van der Waals surface area contributed by atoms with Gasteiger partial charge in [0.1, 0.15) is 6.04 Å². The van der Waals surface area contributed by atoms with Crippen LogP contribution in [0.4, 0.5) is 5.69 Å². The first-order valence-electron chi connectivity index (χ1n) is 9.07. The molecule has 6 heteroatoms. The maximum absolute atomic E-state index is 13.2. The minimum atomic E-state index is -0.459. The molecule has 2 aliphatic heterocycles. The van der Waals surface area contributed by atoms with Crippen molar-refractivity contribution in [1.82, 2.24) is 4.90 Å². The van der Waals surface area contributed by atoms with E-state index in [1.165, 1.54) is 5.56 Å². The number of methoxy groups -OCH3 is 1. The summed E-state index contributed by atoms with van der Waals surface area (Å²) in [7, 11) is 3.56. The van der Waals surface area contributed by atoms with Crippen molar-refractivity contribution >= 4 is 11.6 Å². The zero-order valence-corrected chi connectivity index (χ0v) is 16.1. The largest absolute Gasteiger partial charge is 0.492 e. The highest BCUT2D eigenvalue weighted by Crippen LogP contribution is 2.49. The maximum Gasteiger partial charge on any atom is 0.246 e. The molecule has 0 radical (unpaired) electrons. The summed E-state index contributed by atoms with van der Waals surface area (Å²) in [6, 6.07) is 7.46. The van der Waals surface area contributed by atoms with Gasteiger partial charge in [0.15, 0.2) is 11.5 Å². The first-order chi connectivity index (χ1) is 13.0. The van der Waals surface area contributed by atoms with Crippen molar-refractivity contribution in [2.45, 2.75) is 26.3 Å². The molecule has 1 amide bonds. The van der Waals surface area contributed by atoms with Crippen LogP contribution in [0, 0.1) is 13.8 Å². The average molecular weight is 368 g/mol. The zero-order chi connectivity index (χ0) is 19.1. The average Bonchev–Trinajstić information content (AvgIpc) is 3.11. The molecule has 142 valence electrons. The molecule has 2 aromatic carbocycles. The summed E-state index contributed by atoms with van der Waals surface area (Å²) in [5.41, 5.74) is 5.06. The fourth-order valence-corrected chi connectivity index (χ4v) is 3.79. The summed E-state index contributed by atoms with van der Waals surface area (Å²) in [5.74, 6) is 1.77. The van der Waals surface area contributed by atoms with Crippen LogP contribution in [0.15, 0.2) is 24.3 Å². The van der Waals surface area contributed by atoms with Crippen LogP contribution in [-0.4, -0.2) is 38.3 Å². The van der Waals surface area contributed by atoms with E-state index in [-0.39, 0.29) is 12.7 Å². The van der Waals surface area contributed by atoms with Crippen LogP contribution in [0.3, 0.4) is 0 Å². The first-order valence-corrected chi connectivity index (χ1v) is 9.07. The standard InChI is InChI=1S/C21H24N2O4/c1-12-5-6-15(9-13(12)2)22-21(24)18-17-14(7-8-23(18)3)10-16-19(20(17)25-4)27-11-26-16/h5-6,9-10,18H,7-8,11H2,1-4H3,(H,22,24)/t18-/m0/s1. The maximum atomic E-state index is 13.2. The molecule has 1 atom stereocenters. The summed E-state index contributed by atoms with van der Waals surface area (Å²) < 4.78 is 16.8. The second kappa shape index (κ2) is 6.78. The molecule has 2 heterocycles. The van der Waals surface area contributed by atoms with Crippen LogP contribution in [0.1, 0.15) is 28.3 Å². The normalized spacial score (nSPS) is 18.1. The minimum absolute atomic E-state index is 0.0844. The molecule has 6 nitrogen and oxygen atoms in total. The molecule has 1 N–H and O–H groups in total. The lowest BCUT2D eigenvalue weighted by molar-refractivity contribution is -0.121. The number of fused-ring (bicyclic) bond motifs is 2. The molecule has 0 aromatic heterocycles. The van der Waals surface area contributed by atoms with Gasteiger partial charge >= 0.3 is 0 Å². The number of nitrogens with one attached hydrogen (secondary N) is 1. The van der Waals surface area contributed by atoms with Crippen molar-refractivity contribution in [3.8, 4) is 17.2 Å². The number of hydrogen-bond donors (Lipinski definition) is 1. The van der Waals surface area contributed by atoms with Crippen LogP contribution < -0.4 is 19.5 Å². The Hall–Kier alpha value is -2.73. The molecule has 0 unspecified atom stereocenters. The van der Waals surface area contributed by atoms with Gasteiger partial charge in [-0.05, 0) is 62.2 Å². The van der Waals surface area contributed by atoms with E-state index in [0.717, 1.165) is 35.3 Å². The Labute approximate surface area is 159 Å². The molecular formula is C21H24N2O4. The van der Waals surface area contributed by atoms with E-state index in [0.29, 0.717) is 17.2 Å². The Kier molecular flexibility index (Phi) is 4.44. The molecular weight excluding hydrogens is 344 g/mol. The molecule has 0 bridgehead atoms. The number of hydrogen-bond acceptors (Lipinski definition) is 5. The number of benzene rings is 2. The lowest BCUT2D eigenvalue weighted by Gasteiger charge is -2.34. The van der Waals surface area contributed by atoms with Gasteiger partial charge < -0.3 is 19.5 Å². The summed E-state index contributed by atoms with van der Waals surface area (Å²) >= 11 is 0. The molecule has 0 aliphatic carbocycles. The number of nitrogens with zero attached hydrogens (tertiary/aromatic N) is 1. The van der Waals surface area contributed by atoms with E-state index < -0.39 is 6.04 Å². The van der Waals surface area contributed by atoms with Gasteiger partial charge in [0.25, 0.3) is 0 Å². The predicted molar refractivity (Wildman–Crippen MR) is 103 cm³/mol. The third-order valence-electron chi connectivity index (χ3n) is 5.42. The highest BCUT2D eigenvalue weighted by atomic mass is 16.7. The van der Waals surface area contributed by atoms with Crippen LogP contribution in [-0.2, 0) is 11.2 Å². The summed E-state index contributed by atoms with van der Waals surface area (Å²) in [4.78, 5) is 15.3. The second-order valence-corrected chi connectivity index (χ2v) is 7.14. The topological polar surface area (TPSA) is 60.0 Å². The number of carbonyl (C=O) groups is 1. The molecule has 0 spiro atoms. The third-order valence-corrected chi connectivity index (χ3v) is 5.42. The quantitative estimate of drug-likeness (QED) is 0.902. The SMILES string of the molecule is COc1c2c(cc3c1[C@@H](C(=O)Nc1ccc(C)c(C)c1)N(C)CC3)OCO2. The Balaban J connectivity index is 1.73. The highest BCUT2D eigenvalue weighted by molar-refractivity contribution is 5.97. The van der Waals surface area contributed by atoms with Crippen LogP contribution in [0.25, 0.3) is 0 Å². The number of aryl methyl sites for hydroxylation is 2. The molecule has 2 aliphatic rings. The van der Waals surface area contributed by atoms with Gasteiger partial charge in [0, 0.05) is 17.8 Å². The number of rotatable bonds is 3. The van der Waals surface area contributed by atoms with Gasteiger partial charge in [0.05, 0.1) is 7.11 Å². The molecule has 2 aromatic rings. The fraction of sp³-hybridized carbons (Fsp3) is 0.381. The molecule has 0 saturated heterocycles. The van der Waals surface area contributed by atoms with E-state index in [1.807, 2.05) is 43.1 Å². The fourth-order valence-electron chi connectivity index (χ4n) is 3.79. The van der Waals surface area contributed by atoms with Crippen molar-refractivity contribution in [3.05, 3.63) is 46.5 Å². The monoisotopic (exact) mass is 368 g/mol. The lowest BCUT2D eigenvalue weighted by atomic mass is 9.90. The van der Waals surface area contributed by atoms with Crippen LogP contribution in [0.5, 0.6) is 17.2 Å². The molecule has 0 saturated carbocycles. The van der Waals surface area contributed by atoms with Crippen LogP contribution in [0.2, 0.25) is 0 Å². The van der Waals surface area contributed by atoms with Crippen molar-refractivity contribution in [1.29, 1.82) is 0 Å². The van der Waals surface area contributed by atoms with Gasteiger partial charge in [0.2, 0.25) is 18.4 Å². The Bertz CT molecular complexity index is 910. The Morgan fingerprint density at radius 1 is 1.22 bits per heavy atom. The van der Waals surface area contributed by atoms with Crippen molar-refractivity contribution in [2.75, 3.05) is 32.8 Å². The van der Waals surface area contributed by atoms with Crippen molar-refractivity contribution < 1.29 is 19.0 Å². The smallest absolute Gasteiger partial charge is 0.246 e. The second-order valence-electron chi connectivity index (χ2n) is 7.14. The minimum Gasteiger partial charge on any atom is -0.492 e. The van der Waals surface area contributed by atoms with Crippen molar-refractivity contribution in [3.63, 3.8) is 0 Å². The molecule has 4 rings (SSSR count). The van der Waals surface area contributed by atoms with E-state index in [9.17, 15) is 4.79 Å². The summed E-state index contributed by atoms with van der Waals surface area (Å²) in [6.45, 7) is 5.04. The molecule has 0 fully saturated rings. The number of amides is 1. The van der Waals surface area contributed by atoms with E-state index in [2.05, 4.69) is 12.2 Å². The zero-order valence-electron chi connectivity index (χ0n) is 16.1.